The molecule has 3 nitrogen and oxygen atoms in total. The molecule has 2 bridgehead atoms. The van der Waals surface area contributed by atoms with Gasteiger partial charge in [0.1, 0.15) is 11.3 Å². The van der Waals surface area contributed by atoms with Gasteiger partial charge in [0.25, 0.3) is 0 Å². The highest BCUT2D eigenvalue weighted by atomic mass is 16.3. The molecule has 0 spiro atoms. The normalized spacial score (nSPS) is 27.3. The minimum absolute atomic E-state index is 0.730. The molecule has 21 heavy (non-hydrogen) atoms. The number of piperidine rings is 1. The van der Waals surface area contributed by atoms with Gasteiger partial charge >= 0.3 is 0 Å². The van der Waals surface area contributed by atoms with Crippen LogP contribution >= 0.6 is 0 Å². The van der Waals surface area contributed by atoms with Crippen molar-refractivity contribution < 1.29 is 4.42 Å². The second-order valence-corrected chi connectivity index (χ2v) is 6.88. The number of para-hydroxylation sites is 1. The number of hydrogen-bond donors (Lipinski definition) is 0. The van der Waals surface area contributed by atoms with Crippen molar-refractivity contribution >= 4 is 11.0 Å². The fraction of sp³-hybridized carbons (Fsp3) is 0.556. The van der Waals surface area contributed by atoms with E-state index in [-0.39, 0.29) is 0 Å². The van der Waals surface area contributed by atoms with Crippen molar-refractivity contribution in [2.45, 2.75) is 32.4 Å². The standard InChI is InChI=1S/C18H24N2O/c1-13-16-5-3-4-6-17(16)21-18(13)12-20-10-14-7-8-15(11-20)19(2)9-14/h3-6,14-15H,7-12H2,1-2H3/t14-,15-/m1/s1. The zero-order valence-electron chi connectivity index (χ0n) is 13.0. The maximum Gasteiger partial charge on any atom is 0.134 e. The van der Waals surface area contributed by atoms with Crippen LogP contribution in [-0.4, -0.2) is 42.5 Å². The van der Waals surface area contributed by atoms with E-state index in [0.717, 1.165) is 29.8 Å². The van der Waals surface area contributed by atoms with Gasteiger partial charge in [-0.15, -0.1) is 0 Å². The molecule has 3 heteroatoms. The lowest BCUT2D eigenvalue weighted by molar-refractivity contribution is 0.164. The van der Waals surface area contributed by atoms with Gasteiger partial charge in [0.15, 0.2) is 0 Å². The highest BCUT2D eigenvalue weighted by Crippen LogP contribution is 2.30. The van der Waals surface area contributed by atoms with E-state index in [1.807, 2.05) is 0 Å². The third-order valence-electron chi connectivity index (χ3n) is 5.37. The molecule has 3 fully saturated rings. The summed E-state index contributed by atoms with van der Waals surface area (Å²) < 4.78 is 6.10. The molecular weight excluding hydrogens is 260 g/mol. The fourth-order valence-corrected chi connectivity index (χ4v) is 4.12. The molecule has 4 heterocycles. The Hall–Kier alpha value is -1.32. The van der Waals surface area contributed by atoms with Crippen LogP contribution in [0, 0.1) is 12.8 Å². The number of likely N-dealkylation sites (N-methyl/N-ethyl adjacent to an activating group) is 1. The molecule has 0 amide bonds. The van der Waals surface area contributed by atoms with Crippen molar-refractivity contribution in [3.8, 4) is 0 Å². The van der Waals surface area contributed by atoms with E-state index in [4.69, 9.17) is 4.42 Å². The topological polar surface area (TPSA) is 19.6 Å². The smallest absolute Gasteiger partial charge is 0.134 e. The van der Waals surface area contributed by atoms with E-state index in [9.17, 15) is 0 Å². The molecule has 3 saturated heterocycles. The predicted octanol–water partition coefficient (Wildman–Crippen LogP) is 3.27. The van der Waals surface area contributed by atoms with Crippen LogP contribution in [-0.2, 0) is 6.54 Å². The lowest BCUT2D eigenvalue weighted by Crippen LogP contribution is -2.40. The average Bonchev–Trinajstić information content (AvgIpc) is 2.63. The SMILES string of the molecule is Cc1c(CN2C[C@@H]3CC[C@H](C2)N(C)C3)oc2ccccc12. The van der Waals surface area contributed by atoms with E-state index in [2.05, 4.69) is 48.0 Å². The molecule has 0 unspecified atom stereocenters. The summed E-state index contributed by atoms with van der Waals surface area (Å²) in [6.45, 7) is 6.82. The van der Waals surface area contributed by atoms with Crippen LogP contribution in [0.5, 0.6) is 0 Å². The first-order valence-corrected chi connectivity index (χ1v) is 8.10. The Bertz CT molecular complexity index is 648. The number of fused-ring (bicyclic) bond motifs is 5. The first-order valence-electron chi connectivity index (χ1n) is 8.10. The molecule has 0 saturated carbocycles. The summed E-state index contributed by atoms with van der Waals surface area (Å²) in [5.74, 6) is 1.98. The zero-order chi connectivity index (χ0) is 14.4. The maximum atomic E-state index is 6.10. The van der Waals surface area contributed by atoms with Gasteiger partial charge in [-0.3, -0.25) is 4.90 Å². The molecule has 0 radical (unpaired) electrons. The van der Waals surface area contributed by atoms with Crippen molar-refractivity contribution in [1.82, 2.24) is 9.80 Å². The molecule has 3 aliphatic heterocycles. The number of rotatable bonds is 2. The number of nitrogens with zero attached hydrogens (tertiary/aromatic N) is 2. The second-order valence-electron chi connectivity index (χ2n) is 6.88. The van der Waals surface area contributed by atoms with Gasteiger partial charge in [-0.05, 0) is 44.4 Å². The summed E-state index contributed by atoms with van der Waals surface area (Å²) in [4.78, 5) is 5.16. The van der Waals surface area contributed by atoms with Crippen LogP contribution in [0.2, 0.25) is 0 Å². The second kappa shape index (κ2) is 5.15. The Balaban J connectivity index is 1.58. The van der Waals surface area contributed by atoms with Crippen LogP contribution < -0.4 is 0 Å². The van der Waals surface area contributed by atoms with E-state index in [0.29, 0.717) is 0 Å². The predicted molar refractivity (Wildman–Crippen MR) is 85.4 cm³/mol. The molecule has 5 rings (SSSR count). The monoisotopic (exact) mass is 284 g/mol. The third kappa shape index (κ3) is 2.39. The summed E-state index contributed by atoms with van der Waals surface area (Å²) in [7, 11) is 2.28. The Kier molecular flexibility index (Phi) is 3.27. The first kappa shape index (κ1) is 13.4. The summed E-state index contributed by atoms with van der Waals surface area (Å²) in [5.41, 5.74) is 2.34. The molecule has 2 aromatic rings. The summed E-state index contributed by atoms with van der Waals surface area (Å²) in [6, 6.07) is 9.11. The Labute approximate surface area is 126 Å². The molecule has 1 aromatic carbocycles. The Morgan fingerprint density at radius 1 is 1.14 bits per heavy atom. The van der Waals surface area contributed by atoms with Crippen LogP contribution in [0.15, 0.2) is 28.7 Å². The van der Waals surface area contributed by atoms with Gasteiger partial charge in [-0.1, -0.05) is 18.2 Å². The quantitative estimate of drug-likeness (QED) is 0.844. The average molecular weight is 284 g/mol. The van der Waals surface area contributed by atoms with E-state index < -0.39 is 0 Å². The van der Waals surface area contributed by atoms with Gasteiger partial charge in [0.05, 0.1) is 6.54 Å². The van der Waals surface area contributed by atoms with Gasteiger partial charge in [-0.25, -0.2) is 0 Å². The van der Waals surface area contributed by atoms with Crippen molar-refractivity contribution in [3.63, 3.8) is 0 Å². The van der Waals surface area contributed by atoms with Crippen LogP contribution in [0.25, 0.3) is 11.0 Å². The molecular formula is C18H24N2O. The van der Waals surface area contributed by atoms with Gasteiger partial charge in [0, 0.05) is 31.1 Å². The summed E-state index contributed by atoms with van der Waals surface area (Å²) in [5, 5.41) is 1.27. The van der Waals surface area contributed by atoms with Gasteiger partial charge < -0.3 is 9.32 Å². The van der Waals surface area contributed by atoms with Gasteiger partial charge in [0.2, 0.25) is 0 Å². The fourth-order valence-electron chi connectivity index (χ4n) is 4.12. The zero-order valence-corrected chi connectivity index (χ0v) is 13.0. The molecule has 0 aliphatic carbocycles. The third-order valence-corrected chi connectivity index (χ3v) is 5.37. The molecule has 2 atom stereocenters. The Morgan fingerprint density at radius 3 is 2.81 bits per heavy atom. The van der Waals surface area contributed by atoms with Crippen molar-refractivity contribution in [2.75, 3.05) is 26.7 Å². The van der Waals surface area contributed by atoms with E-state index in [1.54, 1.807) is 0 Å². The van der Waals surface area contributed by atoms with Gasteiger partial charge in [-0.2, -0.15) is 0 Å². The summed E-state index contributed by atoms with van der Waals surface area (Å²) in [6.07, 6.45) is 2.75. The highest BCUT2D eigenvalue weighted by Gasteiger charge is 2.33. The van der Waals surface area contributed by atoms with Crippen LogP contribution in [0.1, 0.15) is 24.2 Å². The van der Waals surface area contributed by atoms with Crippen molar-refractivity contribution in [1.29, 1.82) is 0 Å². The largest absolute Gasteiger partial charge is 0.459 e. The maximum absolute atomic E-state index is 6.10. The van der Waals surface area contributed by atoms with Crippen molar-refractivity contribution in [3.05, 3.63) is 35.6 Å². The van der Waals surface area contributed by atoms with Crippen LogP contribution in [0.3, 0.4) is 0 Å². The molecule has 3 aliphatic rings. The highest BCUT2D eigenvalue weighted by molar-refractivity contribution is 5.81. The van der Waals surface area contributed by atoms with E-state index >= 15 is 0 Å². The first-order chi connectivity index (χ1) is 10.2. The van der Waals surface area contributed by atoms with E-state index in [1.165, 1.54) is 43.4 Å². The molecule has 112 valence electrons. The minimum atomic E-state index is 0.730. The minimum Gasteiger partial charge on any atom is -0.459 e. The Morgan fingerprint density at radius 2 is 2.00 bits per heavy atom. The lowest BCUT2D eigenvalue weighted by atomic mass is 9.96. The number of furan rings is 1. The molecule has 1 aromatic heterocycles. The number of hydrogen-bond acceptors (Lipinski definition) is 3. The van der Waals surface area contributed by atoms with Crippen molar-refractivity contribution in [2.24, 2.45) is 5.92 Å². The lowest BCUT2D eigenvalue weighted by Gasteiger charge is -2.32. The summed E-state index contributed by atoms with van der Waals surface area (Å²) >= 11 is 0. The number of benzene rings is 1. The van der Waals surface area contributed by atoms with Crippen LogP contribution in [0.4, 0.5) is 0 Å². The molecule has 0 N–H and O–H groups in total. The number of aryl methyl sites for hydroxylation is 1.